The zero-order valence-electron chi connectivity index (χ0n) is 18.3. The quantitative estimate of drug-likeness (QED) is 0.496. The summed E-state index contributed by atoms with van der Waals surface area (Å²) in [6.45, 7) is 6.19. The van der Waals surface area contributed by atoms with Crippen LogP contribution in [0.4, 0.5) is 0 Å². The highest BCUT2D eigenvalue weighted by atomic mass is 16.5. The van der Waals surface area contributed by atoms with Crippen molar-refractivity contribution in [2.45, 2.75) is 20.8 Å². The molecule has 5 rings (SSSR count). The maximum absolute atomic E-state index is 14.4. The number of methoxy groups -OCH3 is 1. The van der Waals surface area contributed by atoms with E-state index in [4.69, 9.17) is 4.74 Å². The topological polar surface area (TPSA) is 43.4 Å². The average Bonchev–Trinajstić information content (AvgIpc) is 3.38. The lowest BCUT2D eigenvalue weighted by Crippen LogP contribution is -2.41. The molecule has 3 heteroatoms. The van der Waals surface area contributed by atoms with Gasteiger partial charge in [-0.25, -0.2) is 0 Å². The van der Waals surface area contributed by atoms with E-state index in [9.17, 15) is 9.59 Å². The van der Waals surface area contributed by atoms with E-state index in [2.05, 4.69) is 26.0 Å². The molecule has 1 fully saturated rings. The number of hydrogen-bond acceptors (Lipinski definition) is 3. The van der Waals surface area contributed by atoms with Crippen LogP contribution in [0.15, 0.2) is 84.0 Å². The van der Waals surface area contributed by atoms with Gasteiger partial charge < -0.3 is 4.74 Å². The number of rotatable bonds is 3. The third kappa shape index (κ3) is 2.24. The maximum atomic E-state index is 14.4. The minimum absolute atomic E-state index is 0.0392. The van der Waals surface area contributed by atoms with Crippen LogP contribution in [-0.4, -0.2) is 18.9 Å². The largest absolute Gasteiger partial charge is 0.468 e. The van der Waals surface area contributed by atoms with E-state index in [0.717, 1.165) is 27.8 Å². The lowest BCUT2D eigenvalue weighted by Gasteiger charge is -2.39. The molecule has 4 atom stereocenters. The molecule has 0 N–H and O–H groups in total. The number of hydrogen-bond donors (Lipinski definition) is 0. The van der Waals surface area contributed by atoms with Gasteiger partial charge in [0.25, 0.3) is 0 Å². The highest BCUT2D eigenvalue weighted by Crippen LogP contribution is 2.75. The fourth-order valence-corrected chi connectivity index (χ4v) is 6.38. The van der Waals surface area contributed by atoms with Crippen molar-refractivity contribution in [1.29, 1.82) is 0 Å². The molecule has 0 spiro atoms. The molecule has 0 saturated heterocycles. The van der Waals surface area contributed by atoms with Crippen molar-refractivity contribution in [2.24, 2.45) is 22.7 Å². The molecule has 0 aliphatic heterocycles. The molecule has 0 amide bonds. The van der Waals surface area contributed by atoms with Gasteiger partial charge in [-0.2, -0.15) is 0 Å². The molecular weight excluding hydrogens is 384 g/mol. The van der Waals surface area contributed by atoms with Gasteiger partial charge in [-0.3, -0.25) is 9.59 Å². The monoisotopic (exact) mass is 410 g/mol. The van der Waals surface area contributed by atoms with Gasteiger partial charge in [0, 0.05) is 11.8 Å². The van der Waals surface area contributed by atoms with Gasteiger partial charge in [0.2, 0.25) is 0 Å². The molecular formula is C28H26O3. The Bertz CT molecular complexity index is 1180. The molecule has 2 bridgehead atoms. The maximum Gasteiger partial charge on any atom is 0.324 e. The van der Waals surface area contributed by atoms with Crippen molar-refractivity contribution in [2.75, 3.05) is 7.11 Å². The highest BCUT2D eigenvalue weighted by molar-refractivity contribution is 6.32. The highest BCUT2D eigenvalue weighted by Gasteiger charge is 2.78. The van der Waals surface area contributed by atoms with E-state index in [0.29, 0.717) is 0 Å². The number of Topliss-reactive ketones (excluding diaryl/α,β-unsaturated/α-hetero) is 1. The normalized spacial score (nSPS) is 30.7. The Balaban J connectivity index is 1.95. The Hall–Kier alpha value is -3.20. The summed E-state index contributed by atoms with van der Waals surface area (Å²) in [5, 5.41) is 0. The van der Waals surface area contributed by atoms with Gasteiger partial charge in [-0.15, -0.1) is 0 Å². The van der Waals surface area contributed by atoms with Crippen LogP contribution in [-0.2, 0) is 14.3 Å². The van der Waals surface area contributed by atoms with E-state index >= 15 is 0 Å². The molecule has 2 aromatic carbocycles. The van der Waals surface area contributed by atoms with Crippen molar-refractivity contribution in [1.82, 2.24) is 0 Å². The number of carbonyl (C=O) groups excluding carboxylic acids is 2. The van der Waals surface area contributed by atoms with Gasteiger partial charge in [0.15, 0.2) is 11.2 Å². The van der Waals surface area contributed by atoms with Gasteiger partial charge in [0.1, 0.15) is 0 Å². The molecule has 3 nitrogen and oxygen atoms in total. The summed E-state index contributed by atoms with van der Waals surface area (Å²) < 4.78 is 5.37. The molecule has 31 heavy (non-hydrogen) atoms. The van der Waals surface area contributed by atoms with E-state index in [1.165, 1.54) is 12.7 Å². The Morgan fingerprint density at radius 1 is 0.903 bits per heavy atom. The van der Waals surface area contributed by atoms with Gasteiger partial charge in [-0.05, 0) is 48.6 Å². The number of carbonyl (C=O) groups is 2. The minimum atomic E-state index is -1.34. The van der Waals surface area contributed by atoms with Crippen LogP contribution in [0, 0.1) is 22.7 Å². The number of esters is 1. The SMILES string of the molecule is COC(=O)[C@]12C(=O)[C@](C)(C(c3ccccc3)=C1c1ccccc1)[C@@H]1C(=C(C)C)C=C[C@@H]12. The van der Waals surface area contributed by atoms with Crippen molar-refractivity contribution in [3.8, 4) is 0 Å². The zero-order valence-corrected chi connectivity index (χ0v) is 18.3. The summed E-state index contributed by atoms with van der Waals surface area (Å²) in [7, 11) is 1.39. The lowest BCUT2D eigenvalue weighted by atomic mass is 9.61. The molecule has 0 unspecified atom stereocenters. The first-order chi connectivity index (χ1) is 14.9. The molecule has 0 heterocycles. The summed E-state index contributed by atoms with van der Waals surface area (Å²) >= 11 is 0. The van der Waals surface area contributed by atoms with Crippen LogP contribution in [0.25, 0.3) is 11.1 Å². The summed E-state index contributed by atoms with van der Waals surface area (Å²) in [5.41, 5.74) is 3.84. The third-order valence-corrected chi connectivity index (χ3v) is 7.50. The number of allylic oxidation sites excluding steroid dienone is 5. The predicted molar refractivity (Wildman–Crippen MR) is 122 cm³/mol. The minimum Gasteiger partial charge on any atom is -0.468 e. The van der Waals surface area contributed by atoms with Crippen LogP contribution < -0.4 is 0 Å². The smallest absolute Gasteiger partial charge is 0.324 e. The summed E-state index contributed by atoms with van der Waals surface area (Å²) in [6, 6.07) is 19.9. The summed E-state index contributed by atoms with van der Waals surface area (Å²) in [6.07, 6.45) is 4.18. The first-order valence-corrected chi connectivity index (χ1v) is 10.7. The van der Waals surface area contributed by atoms with Gasteiger partial charge in [-0.1, -0.05) is 78.4 Å². The van der Waals surface area contributed by atoms with Crippen LogP contribution in [0.2, 0.25) is 0 Å². The zero-order chi connectivity index (χ0) is 22.0. The predicted octanol–water partition coefficient (Wildman–Crippen LogP) is 5.50. The second-order valence-corrected chi connectivity index (χ2v) is 9.13. The fourth-order valence-electron chi connectivity index (χ4n) is 6.38. The van der Waals surface area contributed by atoms with E-state index < -0.39 is 16.8 Å². The first-order valence-electron chi connectivity index (χ1n) is 10.7. The van der Waals surface area contributed by atoms with Gasteiger partial charge in [0.05, 0.1) is 12.5 Å². The van der Waals surface area contributed by atoms with Crippen molar-refractivity contribution < 1.29 is 14.3 Å². The number of benzene rings is 2. The molecule has 0 radical (unpaired) electrons. The van der Waals surface area contributed by atoms with Crippen molar-refractivity contribution in [3.05, 3.63) is 95.1 Å². The van der Waals surface area contributed by atoms with Crippen molar-refractivity contribution >= 4 is 22.9 Å². The van der Waals surface area contributed by atoms with Crippen LogP contribution in [0.1, 0.15) is 31.9 Å². The Morgan fingerprint density at radius 2 is 1.45 bits per heavy atom. The Labute approximate surface area is 183 Å². The van der Waals surface area contributed by atoms with Crippen molar-refractivity contribution in [3.63, 3.8) is 0 Å². The summed E-state index contributed by atoms with van der Waals surface area (Å²) in [4.78, 5) is 28.0. The number of ether oxygens (including phenoxy) is 1. The number of ketones is 1. The van der Waals surface area contributed by atoms with Crippen LogP contribution in [0.3, 0.4) is 0 Å². The molecule has 2 aromatic rings. The summed E-state index contributed by atoms with van der Waals surface area (Å²) in [5.74, 6) is -0.819. The van der Waals surface area contributed by atoms with E-state index in [1.807, 2.05) is 67.6 Å². The Morgan fingerprint density at radius 3 is 1.97 bits per heavy atom. The molecule has 3 aliphatic rings. The van der Waals surface area contributed by atoms with Gasteiger partial charge >= 0.3 is 5.97 Å². The Kier molecular flexibility index (Phi) is 4.23. The standard InChI is InChI=1S/C28H26O3/c1-17(2)20-15-16-21-24(20)27(3)22(18-11-7-5-8-12-18)23(19-13-9-6-10-14-19)28(21,25(27)29)26(30)31-4/h5-16,21,24H,1-4H3/t21-,24+,27+,28-/m0/s1. The second kappa shape index (κ2) is 6.65. The first kappa shape index (κ1) is 19.7. The molecule has 0 aromatic heterocycles. The van der Waals surface area contributed by atoms with E-state index in [-0.39, 0.29) is 17.6 Å². The molecule has 3 aliphatic carbocycles. The third-order valence-electron chi connectivity index (χ3n) is 7.50. The average molecular weight is 411 g/mol. The van der Waals surface area contributed by atoms with Crippen LogP contribution in [0.5, 0.6) is 0 Å². The lowest BCUT2D eigenvalue weighted by molar-refractivity contribution is -0.154. The molecule has 1 saturated carbocycles. The fraction of sp³-hybridized carbons (Fsp3) is 0.286. The second-order valence-electron chi connectivity index (χ2n) is 9.13. The van der Waals surface area contributed by atoms with Crippen LogP contribution >= 0.6 is 0 Å². The van der Waals surface area contributed by atoms with E-state index in [1.54, 1.807) is 0 Å². The molecule has 156 valence electrons. The number of fused-ring (bicyclic) bond motifs is 5.